The van der Waals surface area contributed by atoms with Gasteiger partial charge in [0.15, 0.2) is 17.2 Å². The third kappa shape index (κ3) is 5.12. The van der Waals surface area contributed by atoms with E-state index in [-0.39, 0.29) is 23.1 Å². The largest absolute Gasteiger partial charge is 0.497 e. The van der Waals surface area contributed by atoms with E-state index in [4.69, 9.17) is 18.3 Å². The van der Waals surface area contributed by atoms with E-state index in [0.717, 1.165) is 0 Å². The van der Waals surface area contributed by atoms with Crippen LogP contribution in [0, 0.1) is 0 Å². The van der Waals surface area contributed by atoms with Crippen molar-refractivity contribution in [2.75, 3.05) is 24.9 Å². The van der Waals surface area contributed by atoms with Gasteiger partial charge in [0.25, 0.3) is 11.8 Å². The maximum atomic E-state index is 13.5. The van der Waals surface area contributed by atoms with Crippen LogP contribution in [0.5, 0.6) is 11.5 Å². The van der Waals surface area contributed by atoms with E-state index in [1.807, 2.05) is 30.3 Å². The zero-order chi connectivity index (χ0) is 26.5. The molecule has 0 saturated carbocycles. The van der Waals surface area contributed by atoms with Crippen molar-refractivity contribution in [1.29, 1.82) is 0 Å². The van der Waals surface area contributed by atoms with Gasteiger partial charge in [-0.3, -0.25) is 9.59 Å². The highest BCUT2D eigenvalue weighted by Crippen LogP contribution is 2.33. The van der Waals surface area contributed by atoms with Crippen molar-refractivity contribution >= 4 is 23.2 Å². The van der Waals surface area contributed by atoms with Crippen molar-refractivity contribution in [1.82, 2.24) is 4.98 Å². The summed E-state index contributed by atoms with van der Waals surface area (Å²) in [6, 6.07) is 24.5. The van der Waals surface area contributed by atoms with Crippen LogP contribution in [-0.4, -0.2) is 31.0 Å². The Morgan fingerprint density at radius 1 is 0.789 bits per heavy atom. The van der Waals surface area contributed by atoms with Gasteiger partial charge in [-0.1, -0.05) is 18.2 Å². The highest BCUT2D eigenvalue weighted by Gasteiger charge is 2.24. The van der Waals surface area contributed by atoms with Crippen LogP contribution in [0.2, 0.25) is 0 Å². The lowest BCUT2D eigenvalue weighted by molar-refractivity contribution is 0.0994. The summed E-state index contributed by atoms with van der Waals surface area (Å²) < 4.78 is 21.9. The van der Waals surface area contributed by atoms with Crippen LogP contribution in [0.15, 0.2) is 100 Å². The second kappa shape index (κ2) is 10.8. The van der Waals surface area contributed by atoms with E-state index >= 15 is 0 Å². The Bertz CT molecular complexity index is 1560. The fourth-order valence-electron chi connectivity index (χ4n) is 3.77. The first-order valence-corrected chi connectivity index (χ1v) is 11.6. The fourth-order valence-corrected chi connectivity index (χ4v) is 3.77. The molecule has 0 spiro atoms. The molecule has 0 aliphatic heterocycles. The van der Waals surface area contributed by atoms with Crippen molar-refractivity contribution in [2.45, 2.75) is 0 Å². The molecule has 2 aromatic heterocycles. The molecule has 0 unspecified atom stereocenters. The number of benzene rings is 3. The van der Waals surface area contributed by atoms with Crippen LogP contribution in [-0.2, 0) is 0 Å². The molecule has 3 aromatic carbocycles. The van der Waals surface area contributed by atoms with Crippen molar-refractivity contribution in [3.63, 3.8) is 0 Å². The van der Waals surface area contributed by atoms with Gasteiger partial charge >= 0.3 is 0 Å². The average Bonchev–Trinajstić information content (AvgIpc) is 3.65. The van der Waals surface area contributed by atoms with Gasteiger partial charge in [0.2, 0.25) is 5.89 Å². The van der Waals surface area contributed by atoms with Crippen LogP contribution >= 0.6 is 0 Å². The zero-order valence-electron chi connectivity index (χ0n) is 20.6. The Balaban J connectivity index is 1.48. The molecule has 0 atom stereocenters. The van der Waals surface area contributed by atoms with E-state index in [1.165, 1.54) is 20.5 Å². The molecule has 0 fully saturated rings. The molecule has 0 aliphatic rings. The van der Waals surface area contributed by atoms with Crippen LogP contribution in [0.4, 0.5) is 11.4 Å². The second-order valence-corrected chi connectivity index (χ2v) is 8.09. The predicted octanol–water partition coefficient (Wildman–Crippen LogP) is 6.12. The molecule has 0 aliphatic carbocycles. The van der Waals surface area contributed by atoms with Gasteiger partial charge in [-0.2, -0.15) is 0 Å². The van der Waals surface area contributed by atoms with E-state index in [0.29, 0.717) is 39.9 Å². The number of hydrogen-bond acceptors (Lipinski definition) is 7. The van der Waals surface area contributed by atoms with Gasteiger partial charge in [-0.15, -0.1) is 0 Å². The topological polar surface area (TPSA) is 116 Å². The van der Waals surface area contributed by atoms with Gasteiger partial charge < -0.3 is 28.9 Å². The molecule has 2 heterocycles. The van der Waals surface area contributed by atoms with E-state index in [1.54, 1.807) is 54.6 Å². The Labute approximate surface area is 218 Å². The summed E-state index contributed by atoms with van der Waals surface area (Å²) in [4.78, 5) is 30.3. The number of oxazole rings is 1. The number of furan rings is 1. The summed E-state index contributed by atoms with van der Waals surface area (Å²) in [6.45, 7) is 0. The Morgan fingerprint density at radius 3 is 2.26 bits per heavy atom. The molecular weight excluding hydrogens is 486 g/mol. The normalized spacial score (nSPS) is 10.6. The summed E-state index contributed by atoms with van der Waals surface area (Å²) in [5.41, 5.74) is 2.36. The molecule has 9 nitrogen and oxygen atoms in total. The monoisotopic (exact) mass is 509 g/mol. The van der Waals surface area contributed by atoms with Crippen molar-refractivity contribution < 1.29 is 27.9 Å². The zero-order valence-corrected chi connectivity index (χ0v) is 20.6. The molecule has 190 valence electrons. The first kappa shape index (κ1) is 24.4. The molecule has 0 radical (unpaired) electrons. The van der Waals surface area contributed by atoms with E-state index in [2.05, 4.69) is 15.6 Å². The summed E-state index contributed by atoms with van der Waals surface area (Å²) in [5, 5.41) is 5.61. The lowest BCUT2D eigenvalue weighted by Gasteiger charge is -2.11. The fraction of sp³-hybridized carbons (Fsp3) is 0.0690. The number of hydrogen-bond donors (Lipinski definition) is 2. The summed E-state index contributed by atoms with van der Waals surface area (Å²) in [6.07, 6.45) is 1.43. The number of methoxy groups -OCH3 is 2. The number of carbonyl (C=O) groups is 2. The number of carbonyl (C=O) groups excluding carboxylic acids is 2. The van der Waals surface area contributed by atoms with Crippen molar-refractivity contribution in [3.8, 4) is 34.3 Å². The Hall–Kier alpha value is -5.31. The molecule has 2 amide bonds. The number of anilines is 2. The maximum Gasteiger partial charge on any atom is 0.291 e. The number of amides is 2. The predicted molar refractivity (Wildman–Crippen MR) is 142 cm³/mol. The van der Waals surface area contributed by atoms with Crippen LogP contribution in [0.25, 0.3) is 22.8 Å². The van der Waals surface area contributed by atoms with Gasteiger partial charge in [0.05, 0.1) is 26.2 Å². The number of aromatic nitrogens is 1. The summed E-state index contributed by atoms with van der Waals surface area (Å²) >= 11 is 0. The number of ether oxygens (including phenoxy) is 2. The molecule has 5 aromatic rings. The lowest BCUT2D eigenvalue weighted by Crippen LogP contribution is -2.14. The molecule has 9 heteroatoms. The van der Waals surface area contributed by atoms with E-state index in [9.17, 15) is 9.59 Å². The van der Waals surface area contributed by atoms with Crippen LogP contribution in [0.1, 0.15) is 21.0 Å². The lowest BCUT2D eigenvalue weighted by atomic mass is 10.1. The number of nitrogens with one attached hydrogen (secondary N) is 2. The molecule has 38 heavy (non-hydrogen) atoms. The van der Waals surface area contributed by atoms with Crippen molar-refractivity contribution in [3.05, 3.63) is 103 Å². The minimum atomic E-state index is -0.493. The third-order valence-electron chi connectivity index (χ3n) is 5.67. The molecular formula is C29H23N3O6. The summed E-state index contributed by atoms with van der Waals surface area (Å²) in [7, 11) is 3.05. The number of rotatable bonds is 8. The van der Waals surface area contributed by atoms with Gasteiger partial charge in [0.1, 0.15) is 11.5 Å². The van der Waals surface area contributed by atoms with E-state index < -0.39 is 5.91 Å². The highest BCUT2D eigenvalue weighted by atomic mass is 16.5. The van der Waals surface area contributed by atoms with Gasteiger partial charge in [0, 0.05) is 22.9 Å². The van der Waals surface area contributed by atoms with Crippen molar-refractivity contribution in [2.24, 2.45) is 0 Å². The number of nitrogens with zero attached hydrogens (tertiary/aromatic N) is 1. The third-order valence-corrected chi connectivity index (χ3v) is 5.67. The molecule has 5 rings (SSSR count). The minimum absolute atomic E-state index is 0.0843. The maximum absolute atomic E-state index is 13.5. The minimum Gasteiger partial charge on any atom is -0.497 e. The second-order valence-electron chi connectivity index (χ2n) is 8.09. The molecule has 0 bridgehead atoms. The quantitative estimate of drug-likeness (QED) is 0.259. The van der Waals surface area contributed by atoms with Crippen LogP contribution in [0.3, 0.4) is 0 Å². The Morgan fingerprint density at radius 2 is 1.58 bits per heavy atom. The average molecular weight is 510 g/mol. The standard InChI is InChI=1S/C29H23N3O6/c1-35-21-14-15-23(36-2)22(17-21)31-28(34)25-26(38-29(32-25)19-7-4-3-5-8-19)18-10-12-20(13-11-18)30-27(33)24-9-6-16-37-24/h3-17H,1-2H3,(H,30,33)(H,31,34). The first-order chi connectivity index (χ1) is 18.6. The van der Waals surface area contributed by atoms with Gasteiger partial charge in [-0.05, 0) is 60.7 Å². The Kier molecular flexibility index (Phi) is 6.90. The van der Waals surface area contributed by atoms with Gasteiger partial charge in [-0.25, -0.2) is 4.98 Å². The molecule has 0 saturated heterocycles. The smallest absolute Gasteiger partial charge is 0.291 e. The SMILES string of the molecule is COc1ccc(OC)c(NC(=O)c2nc(-c3ccccc3)oc2-c2ccc(NC(=O)c3ccco3)cc2)c1. The first-order valence-electron chi connectivity index (χ1n) is 11.6. The van der Waals surface area contributed by atoms with Crippen LogP contribution < -0.4 is 20.1 Å². The summed E-state index contributed by atoms with van der Waals surface area (Å²) in [5.74, 6) is 0.908. The highest BCUT2D eigenvalue weighted by molar-refractivity contribution is 6.07. The molecule has 2 N–H and O–H groups in total.